The van der Waals surface area contributed by atoms with Crippen LogP contribution in [-0.2, 0) is 22.6 Å². The molecule has 1 aromatic heterocycles. The third kappa shape index (κ3) is 3.45. The highest BCUT2D eigenvalue weighted by Gasteiger charge is 2.07. The number of aryl methyl sites for hydroxylation is 1. The summed E-state index contributed by atoms with van der Waals surface area (Å²) in [7, 11) is 1.61. The summed E-state index contributed by atoms with van der Waals surface area (Å²) in [6.45, 7) is 2.46. The Morgan fingerprint density at radius 1 is 1.67 bits per heavy atom. The fourth-order valence-electron chi connectivity index (χ4n) is 1.13. The molecule has 0 radical (unpaired) electrons. The maximum Gasteiger partial charge on any atom is 0.328 e. The highest BCUT2D eigenvalue weighted by atomic mass is 32.1. The van der Waals surface area contributed by atoms with Crippen LogP contribution >= 0.6 is 11.3 Å². The summed E-state index contributed by atoms with van der Waals surface area (Å²) in [5, 5.41) is 9.40. The molecule has 0 saturated heterocycles. The Morgan fingerprint density at radius 3 is 2.93 bits per heavy atom. The lowest BCUT2D eigenvalue weighted by Gasteiger charge is -1.90. The van der Waals surface area contributed by atoms with Crippen LogP contribution in [-0.4, -0.2) is 23.2 Å². The topological polar surface area (TPSA) is 59.4 Å². The van der Waals surface area contributed by atoms with Crippen molar-refractivity contribution in [3.63, 3.8) is 0 Å². The summed E-state index contributed by atoms with van der Waals surface area (Å²) in [5.74, 6) is -0.946. The van der Waals surface area contributed by atoms with Crippen LogP contribution in [0.4, 0.5) is 0 Å². The molecule has 0 fully saturated rings. The summed E-state index contributed by atoms with van der Waals surface area (Å²) in [4.78, 5) is 15.6. The fraction of sp³-hybridized carbons (Fsp3) is 0.400. The summed E-state index contributed by atoms with van der Waals surface area (Å²) in [6.07, 6.45) is 3.50. The Bertz CT molecular complexity index is 371. The van der Waals surface area contributed by atoms with E-state index < -0.39 is 5.97 Å². The second-order valence-electron chi connectivity index (χ2n) is 2.88. The lowest BCUT2D eigenvalue weighted by molar-refractivity contribution is -0.131. The van der Waals surface area contributed by atoms with Crippen LogP contribution in [0.3, 0.4) is 0 Å². The number of thiazole rings is 1. The zero-order valence-corrected chi connectivity index (χ0v) is 9.50. The Hall–Kier alpha value is -1.20. The summed E-state index contributed by atoms with van der Waals surface area (Å²) in [6, 6.07) is 0. The molecular weight excluding hydrogens is 214 g/mol. The zero-order valence-electron chi connectivity index (χ0n) is 8.69. The minimum absolute atomic E-state index is 0.471. The molecule has 0 bridgehead atoms. The normalized spacial score (nSPS) is 11.1. The lowest BCUT2D eigenvalue weighted by atomic mass is 10.3. The first-order chi connectivity index (χ1) is 7.17. The van der Waals surface area contributed by atoms with Gasteiger partial charge in [-0.05, 0) is 12.5 Å². The van der Waals surface area contributed by atoms with Crippen LogP contribution in [0.25, 0.3) is 6.08 Å². The molecule has 82 valence electrons. The van der Waals surface area contributed by atoms with Gasteiger partial charge >= 0.3 is 5.97 Å². The average molecular weight is 227 g/mol. The largest absolute Gasteiger partial charge is 0.478 e. The van der Waals surface area contributed by atoms with E-state index in [1.807, 2.05) is 6.92 Å². The number of ether oxygens (including phenoxy) is 1. The molecule has 1 aromatic rings. The van der Waals surface area contributed by atoms with Gasteiger partial charge in [-0.3, -0.25) is 0 Å². The van der Waals surface area contributed by atoms with Crippen LogP contribution in [0.15, 0.2) is 6.08 Å². The first-order valence-electron chi connectivity index (χ1n) is 4.56. The van der Waals surface area contributed by atoms with Crippen molar-refractivity contribution in [2.24, 2.45) is 0 Å². The first-order valence-corrected chi connectivity index (χ1v) is 5.37. The molecule has 1 N–H and O–H groups in total. The minimum Gasteiger partial charge on any atom is -0.478 e. The van der Waals surface area contributed by atoms with E-state index in [1.54, 1.807) is 13.2 Å². The predicted molar refractivity (Wildman–Crippen MR) is 58.9 cm³/mol. The van der Waals surface area contributed by atoms with Gasteiger partial charge in [-0.25, -0.2) is 9.78 Å². The number of rotatable bonds is 5. The predicted octanol–water partition coefficient (Wildman–Crippen LogP) is 1.95. The second kappa shape index (κ2) is 5.63. The average Bonchev–Trinajstić information content (AvgIpc) is 2.58. The van der Waals surface area contributed by atoms with Crippen LogP contribution in [0, 0.1) is 0 Å². The summed E-state index contributed by atoms with van der Waals surface area (Å²) in [5.41, 5.74) is 0.921. The zero-order chi connectivity index (χ0) is 11.3. The van der Waals surface area contributed by atoms with Gasteiger partial charge in [0.2, 0.25) is 0 Å². The molecule has 1 heterocycles. The monoisotopic (exact) mass is 227 g/mol. The lowest BCUT2D eigenvalue weighted by Crippen LogP contribution is -1.88. The first kappa shape index (κ1) is 11.9. The molecule has 1 rings (SSSR count). The molecule has 0 unspecified atom stereocenters. The number of carbonyl (C=O) groups is 1. The van der Waals surface area contributed by atoms with E-state index in [1.165, 1.54) is 11.3 Å². The molecule has 0 amide bonds. The smallest absolute Gasteiger partial charge is 0.328 e. The number of hydrogen-bond acceptors (Lipinski definition) is 4. The quantitative estimate of drug-likeness (QED) is 0.781. The molecule has 0 spiro atoms. The van der Waals surface area contributed by atoms with E-state index >= 15 is 0 Å². The van der Waals surface area contributed by atoms with Crippen molar-refractivity contribution in [3.8, 4) is 0 Å². The number of nitrogens with zero attached hydrogens (tertiary/aromatic N) is 1. The third-order valence-corrected chi connectivity index (χ3v) is 2.79. The van der Waals surface area contributed by atoms with Crippen molar-refractivity contribution < 1.29 is 14.6 Å². The van der Waals surface area contributed by atoms with Crippen LogP contribution < -0.4 is 0 Å². The maximum atomic E-state index is 10.4. The van der Waals surface area contributed by atoms with Gasteiger partial charge in [0.1, 0.15) is 5.01 Å². The van der Waals surface area contributed by atoms with E-state index in [-0.39, 0.29) is 0 Å². The minimum atomic E-state index is -0.946. The van der Waals surface area contributed by atoms with Gasteiger partial charge < -0.3 is 9.84 Å². The Balaban J connectivity index is 2.89. The number of carboxylic acid groups (broad SMARTS) is 1. The number of aromatic nitrogens is 1. The van der Waals surface area contributed by atoms with Gasteiger partial charge in [0, 0.05) is 13.2 Å². The van der Waals surface area contributed by atoms with E-state index in [9.17, 15) is 4.79 Å². The molecule has 0 saturated carbocycles. The van der Waals surface area contributed by atoms with Crippen molar-refractivity contribution in [1.82, 2.24) is 4.98 Å². The summed E-state index contributed by atoms with van der Waals surface area (Å²) < 4.78 is 4.97. The number of methoxy groups -OCH3 is 1. The molecule has 0 aliphatic carbocycles. The molecule has 0 aliphatic rings. The van der Waals surface area contributed by atoms with Crippen LogP contribution in [0.5, 0.6) is 0 Å². The van der Waals surface area contributed by atoms with Crippen molar-refractivity contribution >= 4 is 23.4 Å². The maximum absolute atomic E-state index is 10.4. The Labute approximate surface area is 92.2 Å². The molecule has 4 nitrogen and oxygen atoms in total. The van der Waals surface area contributed by atoms with Gasteiger partial charge in [-0.2, -0.15) is 0 Å². The molecule has 0 aromatic carbocycles. The van der Waals surface area contributed by atoms with Crippen molar-refractivity contribution in [2.75, 3.05) is 7.11 Å². The molecule has 5 heteroatoms. The Kier molecular flexibility index (Phi) is 4.45. The van der Waals surface area contributed by atoms with Crippen LogP contribution in [0.1, 0.15) is 22.5 Å². The van der Waals surface area contributed by atoms with E-state index in [4.69, 9.17) is 9.84 Å². The molecule has 0 atom stereocenters. The number of hydrogen-bond donors (Lipinski definition) is 1. The van der Waals surface area contributed by atoms with Gasteiger partial charge in [0.15, 0.2) is 0 Å². The van der Waals surface area contributed by atoms with Gasteiger partial charge in [0.25, 0.3) is 0 Å². The van der Waals surface area contributed by atoms with E-state index in [0.29, 0.717) is 6.61 Å². The summed E-state index contributed by atoms with van der Waals surface area (Å²) >= 11 is 1.46. The number of aliphatic carboxylic acids is 1. The van der Waals surface area contributed by atoms with Gasteiger partial charge in [0.05, 0.1) is 17.2 Å². The van der Waals surface area contributed by atoms with Gasteiger partial charge in [-0.15, -0.1) is 11.3 Å². The highest BCUT2D eigenvalue weighted by Crippen LogP contribution is 2.21. The second-order valence-corrected chi connectivity index (χ2v) is 3.99. The van der Waals surface area contributed by atoms with Crippen molar-refractivity contribution in [2.45, 2.75) is 20.0 Å². The Morgan fingerprint density at radius 2 is 2.40 bits per heavy atom. The van der Waals surface area contributed by atoms with Crippen LogP contribution in [0.2, 0.25) is 0 Å². The van der Waals surface area contributed by atoms with Crippen molar-refractivity contribution in [1.29, 1.82) is 0 Å². The van der Waals surface area contributed by atoms with Gasteiger partial charge in [-0.1, -0.05) is 6.92 Å². The third-order valence-electron chi connectivity index (χ3n) is 1.75. The SMILES string of the molecule is CCc1nc(COC)sc1/C=C/C(=O)O. The standard InChI is InChI=1S/C10H13NO3S/c1-3-7-8(4-5-10(12)13)15-9(11-7)6-14-2/h4-5H,3,6H2,1-2H3,(H,12,13)/b5-4+. The number of carboxylic acids is 1. The van der Waals surface area contributed by atoms with E-state index in [0.717, 1.165) is 28.1 Å². The molecular formula is C10H13NO3S. The van der Waals surface area contributed by atoms with E-state index in [2.05, 4.69) is 4.98 Å². The fourth-order valence-corrected chi connectivity index (χ4v) is 2.16. The molecule has 0 aliphatic heterocycles. The molecule has 15 heavy (non-hydrogen) atoms. The highest BCUT2D eigenvalue weighted by molar-refractivity contribution is 7.12. The van der Waals surface area contributed by atoms with Crippen molar-refractivity contribution in [3.05, 3.63) is 21.7 Å².